The summed E-state index contributed by atoms with van der Waals surface area (Å²) in [4.78, 5) is 12.7. The first-order valence-electron chi connectivity index (χ1n) is 10.3. The lowest BCUT2D eigenvalue weighted by Crippen LogP contribution is -2.23. The summed E-state index contributed by atoms with van der Waals surface area (Å²) in [7, 11) is -1.16. The van der Waals surface area contributed by atoms with Crippen LogP contribution >= 0.6 is 0 Å². The number of carbonyl (C=O) groups excluding carboxylic acids is 1. The Hall–Kier alpha value is -4.19. The van der Waals surface area contributed by atoms with Gasteiger partial charge in [-0.1, -0.05) is 23.9 Å². The van der Waals surface area contributed by atoms with Crippen molar-refractivity contribution in [1.29, 1.82) is 0 Å². The molecule has 4 aromatic rings. The van der Waals surface area contributed by atoms with Gasteiger partial charge in [-0.2, -0.15) is 5.10 Å². The van der Waals surface area contributed by atoms with Crippen molar-refractivity contribution in [1.82, 2.24) is 19.8 Å². The summed E-state index contributed by atoms with van der Waals surface area (Å²) >= 11 is 0. The molecule has 0 bridgehead atoms. The van der Waals surface area contributed by atoms with Gasteiger partial charge in [-0.3, -0.25) is 14.2 Å². The highest BCUT2D eigenvalue weighted by Crippen LogP contribution is 2.35. The van der Waals surface area contributed by atoms with Gasteiger partial charge in [0.15, 0.2) is 11.4 Å². The number of aromatic nitrogens is 3. The second kappa shape index (κ2) is 9.58. The number of fused-ring (bicyclic) bond motifs is 1. The number of halogens is 1. The number of methoxy groups -OCH3 is 1. The highest BCUT2D eigenvalue weighted by molar-refractivity contribution is 7.92. The molecule has 0 saturated carbocycles. The molecule has 0 spiro atoms. The fourth-order valence-electron chi connectivity index (χ4n) is 3.53. The highest BCUT2D eigenvalue weighted by Gasteiger charge is 2.24. The van der Waals surface area contributed by atoms with E-state index in [9.17, 15) is 17.6 Å². The Balaban J connectivity index is 1.59. The normalized spacial score (nSPS) is 11.4. The van der Waals surface area contributed by atoms with E-state index in [4.69, 9.17) is 9.26 Å². The van der Waals surface area contributed by atoms with E-state index in [1.807, 2.05) is 0 Å². The second-order valence-corrected chi connectivity index (χ2v) is 9.33. The number of carbonyl (C=O) groups is 1. The summed E-state index contributed by atoms with van der Waals surface area (Å²) in [5, 5.41) is 8.43. The molecule has 182 valence electrons. The lowest BCUT2D eigenvalue weighted by molar-refractivity contribution is -0.125. The van der Waals surface area contributed by atoms with Crippen molar-refractivity contribution in [3.8, 4) is 5.75 Å². The van der Waals surface area contributed by atoms with E-state index in [-0.39, 0.29) is 17.3 Å². The van der Waals surface area contributed by atoms with Gasteiger partial charge >= 0.3 is 0 Å². The standard InChI is InChI=1S/C23H22FN5O5S/c1-4-21(30)28(2)12-16-11-25-29(14-16)13-15-9-18(33-3)22-19(10-15)34-26-23(22)27-35(31,32)20-8-6-5-7-17(20)24/h4-11,14H,1,12-13H2,2-3H3,(H,26,27). The van der Waals surface area contributed by atoms with Crippen LogP contribution in [0.2, 0.25) is 0 Å². The quantitative estimate of drug-likeness (QED) is 0.351. The second-order valence-electron chi connectivity index (χ2n) is 7.68. The summed E-state index contributed by atoms with van der Waals surface area (Å²) in [5.74, 6) is -0.892. The van der Waals surface area contributed by atoms with Crippen LogP contribution in [0.25, 0.3) is 11.0 Å². The largest absolute Gasteiger partial charge is 0.496 e. The van der Waals surface area contributed by atoms with Gasteiger partial charge in [0.05, 0.1) is 19.9 Å². The van der Waals surface area contributed by atoms with Crippen molar-refractivity contribution in [2.24, 2.45) is 0 Å². The van der Waals surface area contributed by atoms with Gasteiger partial charge in [0.2, 0.25) is 5.91 Å². The van der Waals surface area contributed by atoms with Gasteiger partial charge in [0.1, 0.15) is 21.8 Å². The van der Waals surface area contributed by atoms with Crippen LogP contribution in [0.3, 0.4) is 0 Å². The predicted molar refractivity (Wildman–Crippen MR) is 126 cm³/mol. The summed E-state index contributed by atoms with van der Waals surface area (Å²) in [6.07, 6.45) is 4.71. The van der Waals surface area contributed by atoms with Gasteiger partial charge < -0.3 is 14.2 Å². The lowest BCUT2D eigenvalue weighted by atomic mass is 10.1. The van der Waals surface area contributed by atoms with Crippen LogP contribution < -0.4 is 9.46 Å². The van der Waals surface area contributed by atoms with Crippen LogP contribution in [0.4, 0.5) is 10.2 Å². The first kappa shape index (κ1) is 24.0. The molecule has 1 N–H and O–H groups in total. The summed E-state index contributed by atoms with van der Waals surface area (Å²) in [5.41, 5.74) is 1.86. The summed E-state index contributed by atoms with van der Waals surface area (Å²) in [6, 6.07) is 8.40. The molecular formula is C23H22FN5O5S. The van der Waals surface area contributed by atoms with Gasteiger partial charge in [-0.15, -0.1) is 0 Å². The van der Waals surface area contributed by atoms with Crippen molar-refractivity contribution in [2.45, 2.75) is 18.0 Å². The molecule has 0 fully saturated rings. The molecule has 2 aromatic heterocycles. The molecule has 0 saturated heterocycles. The van der Waals surface area contributed by atoms with E-state index in [1.54, 1.807) is 36.3 Å². The summed E-state index contributed by atoms with van der Waals surface area (Å²) < 4.78 is 54.2. The Labute approximate surface area is 200 Å². The first-order valence-corrected chi connectivity index (χ1v) is 11.8. The Morgan fingerprint density at radius 3 is 2.80 bits per heavy atom. The minimum Gasteiger partial charge on any atom is -0.496 e. The van der Waals surface area contributed by atoms with Crippen molar-refractivity contribution < 1.29 is 26.9 Å². The zero-order valence-corrected chi connectivity index (χ0v) is 19.8. The van der Waals surface area contributed by atoms with E-state index in [2.05, 4.69) is 21.6 Å². The minimum atomic E-state index is -4.26. The molecule has 0 unspecified atom stereocenters. The number of rotatable bonds is 9. The van der Waals surface area contributed by atoms with E-state index in [0.717, 1.165) is 23.3 Å². The average Bonchev–Trinajstić information content (AvgIpc) is 3.44. The van der Waals surface area contributed by atoms with Crippen molar-refractivity contribution in [2.75, 3.05) is 18.9 Å². The zero-order valence-electron chi connectivity index (χ0n) is 18.9. The SMILES string of the molecule is C=CC(=O)N(C)Cc1cnn(Cc2cc(OC)c3c(NS(=O)(=O)c4ccccc4F)noc3c2)c1. The molecule has 10 nitrogen and oxygen atoms in total. The third-order valence-electron chi connectivity index (χ3n) is 5.18. The molecule has 35 heavy (non-hydrogen) atoms. The highest BCUT2D eigenvalue weighted by atomic mass is 32.2. The van der Waals surface area contributed by atoms with E-state index < -0.39 is 20.7 Å². The van der Waals surface area contributed by atoms with E-state index >= 15 is 0 Å². The molecule has 0 aliphatic heterocycles. The molecule has 12 heteroatoms. The number of likely N-dealkylation sites (N-methyl/N-ethyl adjacent to an activating group) is 1. The van der Waals surface area contributed by atoms with Crippen LogP contribution in [0, 0.1) is 5.82 Å². The first-order chi connectivity index (χ1) is 16.7. The fourth-order valence-corrected chi connectivity index (χ4v) is 4.61. The predicted octanol–water partition coefficient (Wildman–Crippen LogP) is 3.17. The molecule has 0 aliphatic carbocycles. The number of sulfonamides is 1. The number of benzene rings is 2. The molecule has 2 heterocycles. The Morgan fingerprint density at radius 1 is 1.31 bits per heavy atom. The maximum absolute atomic E-state index is 14.0. The maximum atomic E-state index is 14.0. The van der Waals surface area contributed by atoms with E-state index in [1.165, 1.54) is 30.2 Å². The number of nitrogens with one attached hydrogen (secondary N) is 1. The van der Waals surface area contributed by atoms with Gasteiger partial charge in [0.25, 0.3) is 10.0 Å². The van der Waals surface area contributed by atoms with Crippen molar-refractivity contribution in [3.63, 3.8) is 0 Å². The number of ether oxygens (including phenoxy) is 1. The van der Waals surface area contributed by atoms with Crippen molar-refractivity contribution >= 4 is 32.7 Å². The Morgan fingerprint density at radius 2 is 2.09 bits per heavy atom. The van der Waals surface area contributed by atoms with Gasteiger partial charge in [-0.05, 0) is 35.9 Å². The monoisotopic (exact) mass is 499 g/mol. The van der Waals surface area contributed by atoms with Gasteiger partial charge in [-0.25, -0.2) is 12.8 Å². The van der Waals surface area contributed by atoms with Crippen LogP contribution in [0.5, 0.6) is 5.75 Å². The molecular weight excluding hydrogens is 477 g/mol. The summed E-state index contributed by atoms with van der Waals surface area (Å²) in [6.45, 7) is 4.20. The topological polar surface area (TPSA) is 120 Å². The fraction of sp³-hybridized carbons (Fsp3) is 0.174. The zero-order chi connectivity index (χ0) is 25.2. The molecule has 0 radical (unpaired) electrons. The van der Waals surface area contributed by atoms with Crippen LogP contribution in [-0.4, -0.2) is 48.3 Å². The number of anilines is 1. The molecule has 0 aliphatic rings. The number of amides is 1. The Bertz CT molecular complexity index is 1510. The van der Waals surface area contributed by atoms with Crippen LogP contribution in [-0.2, 0) is 27.9 Å². The molecule has 2 aromatic carbocycles. The third-order valence-corrected chi connectivity index (χ3v) is 6.55. The van der Waals surface area contributed by atoms with Gasteiger partial charge in [0, 0.05) is 25.4 Å². The maximum Gasteiger partial charge on any atom is 0.266 e. The van der Waals surface area contributed by atoms with Crippen LogP contribution in [0.1, 0.15) is 11.1 Å². The van der Waals surface area contributed by atoms with Crippen molar-refractivity contribution in [3.05, 3.63) is 78.4 Å². The molecule has 1 amide bonds. The van der Waals surface area contributed by atoms with Crippen LogP contribution in [0.15, 0.2) is 70.9 Å². The lowest BCUT2D eigenvalue weighted by Gasteiger charge is -2.13. The number of hydrogen-bond donors (Lipinski definition) is 1. The van der Waals surface area contributed by atoms with E-state index in [0.29, 0.717) is 24.2 Å². The molecule has 0 atom stereocenters. The third kappa shape index (κ3) is 5.01. The number of nitrogens with zero attached hydrogens (tertiary/aromatic N) is 4. The smallest absolute Gasteiger partial charge is 0.266 e. The minimum absolute atomic E-state index is 0.122. The number of hydrogen-bond acceptors (Lipinski definition) is 7. The average molecular weight is 500 g/mol. The Kier molecular flexibility index (Phi) is 6.56. The molecule has 4 rings (SSSR count).